The van der Waals surface area contributed by atoms with E-state index in [-0.39, 0.29) is 17.8 Å². The molecule has 0 atom stereocenters. The lowest BCUT2D eigenvalue weighted by Crippen LogP contribution is -2.47. The fourth-order valence-corrected chi connectivity index (χ4v) is 5.45. The Morgan fingerprint density at radius 1 is 0.889 bits per heavy atom. The van der Waals surface area contributed by atoms with E-state index >= 15 is 0 Å². The molecule has 3 aromatic rings. The summed E-state index contributed by atoms with van der Waals surface area (Å²) in [4.78, 5) is 30.4. The lowest BCUT2D eigenvalue weighted by atomic mass is 9.78. The molecule has 0 spiro atoms. The maximum Gasteiger partial charge on any atom is 0.636 e. The highest BCUT2D eigenvalue weighted by Crippen LogP contribution is 2.53. The van der Waals surface area contributed by atoms with Gasteiger partial charge in [0.1, 0.15) is 12.4 Å². The van der Waals surface area contributed by atoms with Crippen LogP contribution in [0.25, 0.3) is 11.1 Å². The van der Waals surface area contributed by atoms with Gasteiger partial charge in [-0.2, -0.15) is 0 Å². The summed E-state index contributed by atoms with van der Waals surface area (Å²) in [5.74, 6) is 0.330. The Balaban J connectivity index is 1.34. The SMILES string of the molecule is Cc1nc(OCCCOS(C)(C)C(C)(C)C)ccc1-c1cccc(COc2ccc(B3OC(=O)CN(C)CC(=O)O3)cc2)c1C. The average molecular weight is 637 g/mol. The highest BCUT2D eigenvalue weighted by Gasteiger charge is 2.33. The molecule has 242 valence electrons. The van der Waals surface area contributed by atoms with Crippen molar-refractivity contribution in [2.24, 2.45) is 0 Å². The lowest BCUT2D eigenvalue weighted by Gasteiger charge is -2.43. The minimum Gasteiger partial charge on any atom is -0.494 e. The van der Waals surface area contributed by atoms with Crippen LogP contribution < -0.4 is 14.9 Å². The van der Waals surface area contributed by atoms with Crippen molar-refractivity contribution in [3.8, 4) is 22.8 Å². The maximum absolute atomic E-state index is 12.1. The van der Waals surface area contributed by atoms with E-state index in [1.807, 2.05) is 25.1 Å². The monoisotopic (exact) mass is 636 g/mol. The van der Waals surface area contributed by atoms with Crippen LogP contribution in [0.15, 0.2) is 54.6 Å². The van der Waals surface area contributed by atoms with Gasteiger partial charge in [-0.05, 0) is 68.3 Å². The Labute approximate surface area is 269 Å². The van der Waals surface area contributed by atoms with Gasteiger partial charge in [-0.15, -0.1) is 10.3 Å². The molecule has 0 N–H and O–H groups in total. The molecule has 2 aromatic carbocycles. The fourth-order valence-electron chi connectivity index (χ4n) is 4.57. The van der Waals surface area contributed by atoms with E-state index < -0.39 is 29.4 Å². The number of benzene rings is 2. The number of rotatable bonds is 11. The molecule has 1 saturated heterocycles. The van der Waals surface area contributed by atoms with Gasteiger partial charge in [-0.25, -0.2) is 4.98 Å². The third-order valence-electron chi connectivity index (χ3n) is 8.01. The number of ether oxygens (including phenoxy) is 2. The van der Waals surface area contributed by atoms with Crippen LogP contribution in [0.3, 0.4) is 0 Å². The van der Waals surface area contributed by atoms with Crippen molar-refractivity contribution in [1.82, 2.24) is 9.88 Å². The topological polar surface area (TPSA) is 96.4 Å². The van der Waals surface area contributed by atoms with Crippen molar-refractivity contribution < 1.29 is 32.6 Å². The van der Waals surface area contributed by atoms with E-state index in [2.05, 4.69) is 52.3 Å². The largest absolute Gasteiger partial charge is 0.636 e. The zero-order valence-corrected chi connectivity index (χ0v) is 28.5. The molecule has 45 heavy (non-hydrogen) atoms. The average Bonchev–Trinajstić information content (AvgIpc) is 2.95. The first-order valence-corrected chi connectivity index (χ1v) is 17.5. The summed E-state index contributed by atoms with van der Waals surface area (Å²) in [6, 6.07) is 17.1. The highest BCUT2D eigenvalue weighted by atomic mass is 32.3. The first-order valence-electron chi connectivity index (χ1n) is 15.1. The lowest BCUT2D eigenvalue weighted by molar-refractivity contribution is -0.145. The zero-order chi connectivity index (χ0) is 32.8. The van der Waals surface area contributed by atoms with E-state index in [0.29, 0.717) is 36.9 Å². The molecular formula is C34H45BN2O7S. The van der Waals surface area contributed by atoms with Crippen molar-refractivity contribution in [1.29, 1.82) is 0 Å². The quantitative estimate of drug-likeness (QED) is 0.207. The molecule has 0 amide bonds. The molecule has 2 heterocycles. The number of hydrogen-bond acceptors (Lipinski definition) is 9. The number of hydrogen-bond donors (Lipinski definition) is 0. The van der Waals surface area contributed by atoms with Crippen LogP contribution in [0.1, 0.15) is 44.0 Å². The predicted octanol–water partition coefficient (Wildman–Crippen LogP) is 5.23. The van der Waals surface area contributed by atoms with Crippen LogP contribution in [0, 0.1) is 13.8 Å². The van der Waals surface area contributed by atoms with Gasteiger partial charge >= 0.3 is 19.1 Å². The third-order valence-corrected chi connectivity index (χ3v) is 11.7. The molecule has 0 saturated carbocycles. The summed E-state index contributed by atoms with van der Waals surface area (Å²) in [6.45, 7) is 12.4. The molecule has 1 aliphatic rings. The van der Waals surface area contributed by atoms with Crippen LogP contribution in [-0.2, 0) is 29.7 Å². The molecule has 4 rings (SSSR count). The first-order chi connectivity index (χ1) is 21.2. The van der Waals surface area contributed by atoms with E-state index in [0.717, 1.165) is 34.4 Å². The molecule has 0 aliphatic carbocycles. The minimum atomic E-state index is -1.14. The molecule has 1 aromatic heterocycles. The number of aromatic nitrogens is 1. The van der Waals surface area contributed by atoms with Gasteiger partial charge in [0.25, 0.3) is 0 Å². The number of carbonyl (C=O) groups is 2. The summed E-state index contributed by atoms with van der Waals surface area (Å²) in [5, 5.41) is 0. The standard InChI is InChI=1S/C34H45BN2O7S/c1-24-26(23-41-28-15-13-27(14-16-28)35-43-32(38)21-37(6)22-33(39)44-35)11-9-12-29(24)30-17-18-31(36-25(30)2)40-19-10-20-42-45(7,8)34(3,4)5/h9,11-18H,10,19-23H2,1-8H3. The minimum absolute atomic E-state index is 0.0198. The fraction of sp³-hybridized carbons (Fsp3) is 0.441. The zero-order valence-electron chi connectivity index (χ0n) is 27.7. The Hall–Kier alpha value is -3.54. The van der Waals surface area contributed by atoms with Crippen molar-refractivity contribution in [3.63, 3.8) is 0 Å². The van der Waals surface area contributed by atoms with Crippen LogP contribution in [-0.4, -0.2) is 79.6 Å². The number of carbonyl (C=O) groups excluding carboxylic acids is 2. The van der Waals surface area contributed by atoms with Crippen molar-refractivity contribution in [3.05, 3.63) is 71.4 Å². The van der Waals surface area contributed by atoms with E-state index in [4.69, 9.17) is 27.9 Å². The van der Waals surface area contributed by atoms with Crippen molar-refractivity contribution >= 4 is 34.8 Å². The smallest absolute Gasteiger partial charge is 0.494 e. The normalized spacial score (nSPS) is 15.2. The van der Waals surface area contributed by atoms with Crippen LogP contribution >= 0.6 is 10.3 Å². The summed E-state index contributed by atoms with van der Waals surface area (Å²) in [5.41, 5.74) is 5.72. The van der Waals surface area contributed by atoms with Crippen molar-refractivity contribution in [2.45, 2.75) is 52.4 Å². The van der Waals surface area contributed by atoms with Gasteiger partial charge < -0.3 is 23.0 Å². The number of pyridine rings is 1. The second kappa shape index (κ2) is 14.7. The van der Waals surface area contributed by atoms with Crippen LogP contribution in [0.5, 0.6) is 11.6 Å². The number of nitrogens with zero attached hydrogens (tertiary/aromatic N) is 2. The van der Waals surface area contributed by atoms with Gasteiger partial charge in [0, 0.05) is 34.0 Å². The van der Waals surface area contributed by atoms with Gasteiger partial charge in [0.15, 0.2) is 0 Å². The summed E-state index contributed by atoms with van der Waals surface area (Å²) in [7, 11) is -0.562. The van der Waals surface area contributed by atoms with Crippen LogP contribution in [0.4, 0.5) is 0 Å². The third kappa shape index (κ3) is 9.25. The molecule has 0 radical (unpaired) electrons. The molecule has 0 unspecified atom stereocenters. The van der Waals surface area contributed by atoms with Crippen LogP contribution in [0.2, 0.25) is 0 Å². The molecule has 9 nitrogen and oxygen atoms in total. The van der Waals surface area contributed by atoms with Gasteiger partial charge in [-0.1, -0.05) is 51.1 Å². The second-order valence-corrected chi connectivity index (χ2v) is 16.5. The Bertz CT molecular complexity index is 1470. The van der Waals surface area contributed by atoms with Crippen molar-refractivity contribution in [2.75, 3.05) is 45.9 Å². The van der Waals surface area contributed by atoms with Gasteiger partial charge in [0.05, 0.1) is 26.3 Å². The van der Waals surface area contributed by atoms with E-state index in [9.17, 15) is 9.59 Å². The second-order valence-electron chi connectivity index (χ2n) is 12.6. The maximum atomic E-state index is 12.1. The molecule has 0 bridgehead atoms. The Morgan fingerprint density at radius 2 is 1.56 bits per heavy atom. The summed E-state index contributed by atoms with van der Waals surface area (Å²) in [6.07, 6.45) is 5.22. The van der Waals surface area contributed by atoms with Gasteiger partial charge in [0.2, 0.25) is 5.88 Å². The molecule has 11 heteroatoms. The predicted molar refractivity (Wildman–Crippen MR) is 180 cm³/mol. The number of likely N-dealkylation sites (N-methyl/N-ethyl adjacent to an activating group) is 1. The highest BCUT2D eigenvalue weighted by molar-refractivity contribution is 8.29. The summed E-state index contributed by atoms with van der Waals surface area (Å²) < 4.78 is 29.1. The summed E-state index contributed by atoms with van der Waals surface area (Å²) >= 11 is 0. The number of aryl methyl sites for hydroxylation is 1. The molecule has 1 aliphatic heterocycles. The first kappa shape index (κ1) is 34.3. The molecule has 1 fully saturated rings. The van der Waals surface area contributed by atoms with Gasteiger partial charge in [-0.3, -0.25) is 14.5 Å². The van der Waals surface area contributed by atoms with E-state index in [1.165, 1.54) is 0 Å². The molecular weight excluding hydrogens is 591 g/mol. The Morgan fingerprint density at radius 3 is 2.18 bits per heavy atom. The van der Waals surface area contributed by atoms with E-state index in [1.54, 1.807) is 36.2 Å². The Kier molecular flexibility index (Phi) is 11.2.